The van der Waals surface area contributed by atoms with E-state index in [0.29, 0.717) is 22.6 Å². The predicted octanol–water partition coefficient (Wildman–Crippen LogP) is 2.54. The number of nitrogens with zero attached hydrogens (tertiary/aromatic N) is 2. The number of sulfonamides is 1. The molecule has 1 N–H and O–H groups in total. The van der Waals surface area contributed by atoms with Crippen molar-refractivity contribution in [3.63, 3.8) is 0 Å². The molecule has 0 aliphatic rings. The van der Waals surface area contributed by atoms with E-state index in [1.165, 1.54) is 19.2 Å². The summed E-state index contributed by atoms with van der Waals surface area (Å²) >= 11 is 0. The maximum Gasteiger partial charge on any atom is 0.276 e. The third-order valence-electron chi connectivity index (χ3n) is 3.31. The van der Waals surface area contributed by atoms with E-state index in [1.54, 1.807) is 31.2 Å². The van der Waals surface area contributed by atoms with Crippen molar-refractivity contribution < 1.29 is 17.6 Å². The molecule has 1 aromatic heterocycles. The molecule has 24 heavy (non-hydrogen) atoms. The van der Waals surface area contributed by atoms with Gasteiger partial charge in [-0.2, -0.15) is 18.4 Å². The normalized spacial score (nSPS) is 12.3. The number of rotatable bonds is 5. The molecule has 0 amide bonds. The lowest BCUT2D eigenvalue weighted by atomic mass is 10.3. The Morgan fingerprint density at radius 3 is 2.54 bits per heavy atom. The van der Waals surface area contributed by atoms with Crippen molar-refractivity contribution in [3.8, 4) is 5.75 Å². The summed E-state index contributed by atoms with van der Waals surface area (Å²) < 4.78 is 35.0. The van der Waals surface area contributed by atoms with Crippen molar-refractivity contribution in [1.29, 1.82) is 0 Å². The van der Waals surface area contributed by atoms with Crippen molar-refractivity contribution >= 4 is 26.8 Å². The Kier molecular flexibility index (Phi) is 4.22. The summed E-state index contributed by atoms with van der Waals surface area (Å²) in [5, 5.41) is 3.87. The molecule has 0 spiro atoms. The van der Waals surface area contributed by atoms with Crippen molar-refractivity contribution in [2.24, 2.45) is 5.10 Å². The highest BCUT2D eigenvalue weighted by molar-refractivity contribution is 7.89. The number of hydrogen-bond donors (Lipinski definition) is 1. The third kappa shape index (κ3) is 3.23. The van der Waals surface area contributed by atoms with E-state index in [1.807, 2.05) is 12.1 Å². The molecule has 8 heteroatoms. The molecule has 0 fully saturated rings. The molecule has 0 radical (unpaired) electrons. The van der Waals surface area contributed by atoms with Gasteiger partial charge in [-0.15, -0.1) is 0 Å². The fourth-order valence-electron chi connectivity index (χ4n) is 2.01. The summed E-state index contributed by atoms with van der Waals surface area (Å²) in [6, 6.07) is 13.2. The largest absolute Gasteiger partial charge is 0.497 e. The van der Waals surface area contributed by atoms with Crippen LogP contribution in [-0.4, -0.2) is 26.2 Å². The van der Waals surface area contributed by atoms with Crippen molar-refractivity contribution in [2.75, 3.05) is 7.11 Å². The maximum atomic E-state index is 12.2. The number of aromatic nitrogens is 1. The number of oxazole rings is 1. The molecule has 1 heterocycles. The van der Waals surface area contributed by atoms with Gasteiger partial charge < -0.3 is 9.15 Å². The second kappa shape index (κ2) is 6.32. The molecule has 2 aromatic carbocycles. The van der Waals surface area contributed by atoms with Gasteiger partial charge in [0.15, 0.2) is 5.58 Å². The van der Waals surface area contributed by atoms with Gasteiger partial charge in [0.1, 0.15) is 17.0 Å². The van der Waals surface area contributed by atoms with E-state index < -0.39 is 10.0 Å². The molecule has 0 saturated heterocycles. The zero-order chi connectivity index (χ0) is 17.2. The molecule has 0 unspecified atom stereocenters. The zero-order valence-corrected chi connectivity index (χ0v) is 13.9. The summed E-state index contributed by atoms with van der Waals surface area (Å²) in [5.41, 5.74) is 1.61. The van der Waals surface area contributed by atoms with E-state index in [-0.39, 0.29) is 10.8 Å². The first-order valence-corrected chi connectivity index (χ1v) is 8.54. The van der Waals surface area contributed by atoms with Gasteiger partial charge in [0.2, 0.25) is 5.89 Å². The summed E-state index contributed by atoms with van der Waals surface area (Å²) in [5.74, 6) is 0.828. The first-order valence-electron chi connectivity index (χ1n) is 7.06. The second-order valence-electron chi connectivity index (χ2n) is 4.95. The molecule has 0 aliphatic heterocycles. The van der Waals surface area contributed by atoms with Crippen LogP contribution in [0.25, 0.3) is 11.1 Å². The van der Waals surface area contributed by atoms with Gasteiger partial charge in [0.25, 0.3) is 10.0 Å². The lowest BCUT2D eigenvalue weighted by Crippen LogP contribution is -2.20. The van der Waals surface area contributed by atoms with Crippen LogP contribution < -0.4 is 9.57 Å². The minimum atomic E-state index is -3.78. The molecule has 0 saturated carbocycles. The quantitative estimate of drug-likeness (QED) is 0.566. The fourth-order valence-corrected chi connectivity index (χ4v) is 2.87. The van der Waals surface area contributed by atoms with Gasteiger partial charge in [0, 0.05) is 0 Å². The number of hydrazone groups is 1. The van der Waals surface area contributed by atoms with Crippen LogP contribution in [0.1, 0.15) is 12.8 Å². The third-order valence-corrected chi connectivity index (χ3v) is 4.53. The summed E-state index contributed by atoms with van der Waals surface area (Å²) in [7, 11) is -2.27. The highest BCUT2D eigenvalue weighted by atomic mass is 32.2. The number of hydrogen-bond acceptors (Lipinski definition) is 6. The van der Waals surface area contributed by atoms with E-state index >= 15 is 0 Å². The summed E-state index contributed by atoms with van der Waals surface area (Å²) in [6.45, 7) is 1.61. The first-order chi connectivity index (χ1) is 11.5. The van der Waals surface area contributed by atoms with Crippen LogP contribution in [0.3, 0.4) is 0 Å². The van der Waals surface area contributed by atoms with E-state index in [9.17, 15) is 8.42 Å². The first kappa shape index (κ1) is 16.0. The topological polar surface area (TPSA) is 93.8 Å². The highest BCUT2D eigenvalue weighted by Gasteiger charge is 2.14. The maximum absolute atomic E-state index is 12.2. The molecule has 7 nitrogen and oxygen atoms in total. The lowest BCUT2D eigenvalue weighted by Gasteiger charge is -2.05. The Balaban J connectivity index is 1.82. The Hall–Kier alpha value is -2.87. The molecule has 3 rings (SSSR count). The van der Waals surface area contributed by atoms with Crippen molar-refractivity contribution in [1.82, 2.24) is 9.82 Å². The Labute approximate surface area is 139 Å². The van der Waals surface area contributed by atoms with E-state index in [4.69, 9.17) is 9.15 Å². The van der Waals surface area contributed by atoms with Crippen LogP contribution in [0.4, 0.5) is 0 Å². The molecule has 124 valence electrons. The fraction of sp³-hybridized carbons (Fsp3) is 0.125. The predicted molar refractivity (Wildman–Crippen MR) is 89.5 cm³/mol. The standard InChI is InChI=1S/C16H15N3O4S/c1-11(16-17-14-5-3-4-6-15(14)23-16)18-19-24(20,21)13-9-7-12(22-2)8-10-13/h3-10,19H,1-2H3/b18-11+. The summed E-state index contributed by atoms with van der Waals surface area (Å²) in [4.78, 5) is 6.52. The van der Waals surface area contributed by atoms with E-state index in [2.05, 4.69) is 14.9 Å². The molecular formula is C16H15N3O4S. The van der Waals surface area contributed by atoms with Crippen molar-refractivity contribution in [3.05, 3.63) is 54.4 Å². The van der Waals surface area contributed by atoms with Crippen LogP contribution >= 0.6 is 0 Å². The lowest BCUT2D eigenvalue weighted by molar-refractivity contribution is 0.414. The summed E-state index contributed by atoms with van der Waals surface area (Å²) in [6.07, 6.45) is 0. The monoisotopic (exact) mass is 345 g/mol. The molecule has 0 aliphatic carbocycles. The number of para-hydroxylation sites is 2. The van der Waals surface area contributed by atoms with Gasteiger partial charge >= 0.3 is 0 Å². The van der Waals surface area contributed by atoms with Gasteiger partial charge in [-0.25, -0.2) is 4.98 Å². The average molecular weight is 345 g/mol. The second-order valence-corrected chi connectivity index (χ2v) is 6.62. The number of methoxy groups -OCH3 is 1. The average Bonchev–Trinajstić information content (AvgIpc) is 3.04. The highest BCUT2D eigenvalue weighted by Crippen LogP contribution is 2.17. The Morgan fingerprint density at radius 1 is 1.17 bits per heavy atom. The van der Waals surface area contributed by atoms with Crippen molar-refractivity contribution in [2.45, 2.75) is 11.8 Å². The van der Waals surface area contributed by atoms with Crippen LogP contribution in [-0.2, 0) is 10.0 Å². The molecular weight excluding hydrogens is 330 g/mol. The van der Waals surface area contributed by atoms with Gasteiger partial charge in [-0.05, 0) is 43.3 Å². The molecule has 0 bridgehead atoms. The number of nitrogens with one attached hydrogen (secondary N) is 1. The van der Waals surface area contributed by atoms with E-state index in [0.717, 1.165) is 0 Å². The molecule has 0 atom stereocenters. The smallest absolute Gasteiger partial charge is 0.276 e. The van der Waals surface area contributed by atoms with Crippen LogP contribution in [0.2, 0.25) is 0 Å². The van der Waals surface area contributed by atoms with Crippen LogP contribution in [0.5, 0.6) is 5.75 Å². The Bertz CT molecular complexity index is 959. The SMILES string of the molecule is COc1ccc(S(=O)(=O)N/N=C(\C)c2nc3ccccc3o2)cc1. The van der Waals surface area contributed by atoms with Crippen LogP contribution in [0, 0.1) is 0 Å². The van der Waals surface area contributed by atoms with Gasteiger partial charge in [0.05, 0.1) is 12.0 Å². The minimum Gasteiger partial charge on any atom is -0.497 e. The van der Waals surface area contributed by atoms with Gasteiger partial charge in [-0.3, -0.25) is 0 Å². The zero-order valence-electron chi connectivity index (χ0n) is 13.1. The number of ether oxygens (including phenoxy) is 1. The number of benzene rings is 2. The molecule has 3 aromatic rings. The number of fused-ring (bicyclic) bond motifs is 1. The van der Waals surface area contributed by atoms with Gasteiger partial charge in [-0.1, -0.05) is 12.1 Å². The Morgan fingerprint density at radius 2 is 1.88 bits per heavy atom. The van der Waals surface area contributed by atoms with Crippen LogP contribution in [0.15, 0.2) is 62.9 Å². The minimum absolute atomic E-state index is 0.0809.